The van der Waals surface area contributed by atoms with E-state index in [1.54, 1.807) is 0 Å². The molecule has 0 aliphatic heterocycles. The summed E-state index contributed by atoms with van der Waals surface area (Å²) in [4.78, 5) is 11.2. The van der Waals surface area contributed by atoms with Crippen molar-refractivity contribution < 1.29 is 9.90 Å². The fourth-order valence-electron chi connectivity index (χ4n) is 2.63. The molecule has 0 N–H and O–H groups in total. The fraction of sp³-hybridized carbons (Fsp3) is 0.850. The average molecular weight is 310 g/mol. The molecular weight excluding hydrogens is 272 g/mol. The molecule has 22 heavy (non-hydrogen) atoms. The first-order valence-corrected chi connectivity index (χ1v) is 9.56. The molecule has 0 aromatic rings. The van der Waals surface area contributed by atoms with Crippen molar-refractivity contribution >= 4 is 5.78 Å². The van der Waals surface area contributed by atoms with Gasteiger partial charge in [-0.25, -0.2) is 5.11 Å². The highest BCUT2D eigenvalue weighted by Gasteiger charge is 2.00. The molecule has 1 radical (unpaired) electrons. The molecule has 0 atom stereocenters. The van der Waals surface area contributed by atoms with E-state index in [4.69, 9.17) is 0 Å². The zero-order valence-electron chi connectivity index (χ0n) is 14.8. The van der Waals surface area contributed by atoms with Gasteiger partial charge in [0.15, 0.2) is 0 Å². The van der Waals surface area contributed by atoms with Crippen LogP contribution in [0.3, 0.4) is 0 Å². The number of carbonyl (C=O) groups excluding carboxylic acids is 1. The van der Waals surface area contributed by atoms with E-state index in [1.807, 2.05) is 0 Å². The molecule has 0 aliphatic rings. The smallest absolute Gasteiger partial charge is 0.135 e. The molecule has 0 saturated carbocycles. The average Bonchev–Trinajstić information content (AvgIpc) is 2.51. The molecule has 0 aromatic carbocycles. The highest BCUT2D eigenvalue weighted by atomic mass is 16.3. The third kappa shape index (κ3) is 17.4. The highest BCUT2D eigenvalue weighted by molar-refractivity contribution is 5.78. The van der Waals surface area contributed by atoms with Gasteiger partial charge in [-0.1, -0.05) is 70.4 Å². The second-order valence-electron chi connectivity index (χ2n) is 6.33. The summed E-state index contributed by atoms with van der Waals surface area (Å²) in [5.41, 5.74) is 0. The molecule has 0 saturated heterocycles. The van der Waals surface area contributed by atoms with Crippen LogP contribution in [-0.2, 0) is 9.90 Å². The van der Waals surface area contributed by atoms with Crippen molar-refractivity contribution in [2.75, 3.05) is 6.61 Å². The van der Waals surface area contributed by atoms with Gasteiger partial charge in [-0.2, -0.15) is 0 Å². The lowest BCUT2D eigenvalue weighted by atomic mass is 10.1. The van der Waals surface area contributed by atoms with E-state index in [9.17, 15) is 9.90 Å². The van der Waals surface area contributed by atoms with Gasteiger partial charge in [0, 0.05) is 12.8 Å². The molecule has 2 heteroatoms. The quantitative estimate of drug-likeness (QED) is 0.226. The van der Waals surface area contributed by atoms with Crippen molar-refractivity contribution in [2.45, 2.75) is 103 Å². The molecule has 0 aromatic heterocycles. The number of unbranched alkanes of at least 4 members (excludes halogenated alkanes) is 11. The Balaban J connectivity index is 3.12. The summed E-state index contributed by atoms with van der Waals surface area (Å²) >= 11 is 0. The molecule has 0 heterocycles. The number of hydrogen-bond donors (Lipinski definition) is 0. The summed E-state index contributed by atoms with van der Waals surface area (Å²) < 4.78 is 0. The number of ketones is 1. The van der Waals surface area contributed by atoms with Crippen LogP contribution in [0.4, 0.5) is 0 Å². The summed E-state index contributed by atoms with van der Waals surface area (Å²) in [7, 11) is 0. The second kappa shape index (κ2) is 18.4. The minimum atomic E-state index is -0.246. The van der Waals surface area contributed by atoms with E-state index in [0.717, 1.165) is 12.8 Å². The van der Waals surface area contributed by atoms with E-state index in [0.29, 0.717) is 6.42 Å². The maximum atomic E-state index is 11.2. The van der Waals surface area contributed by atoms with E-state index >= 15 is 0 Å². The maximum Gasteiger partial charge on any atom is 0.135 e. The van der Waals surface area contributed by atoms with Crippen molar-refractivity contribution in [3.8, 4) is 0 Å². The first-order valence-electron chi connectivity index (χ1n) is 9.56. The third-order valence-corrected chi connectivity index (χ3v) is 4.10. The Morgan fingerprint density at radius 2 is 1.18 bits per heavy atom. The lowest BCUT2D eigenvalue weighted by molar-refractivity contribution is -0.120. The number of carbonyl (C=O) groups is 1. The van der Waals surface area contributed by atoms with Crippen molar-refractivity contribution in [2.24, 2.45) is 0 Å². The summed E-state index contributed by atoms with van der Waals surface area (Å²) in [6.45, 7) is 2.02. The van der Waals surface area contributed by atoms with E-state index in [2.05, 4.69) is 19.1 Å². The van der Waals surface area contributed by atoms with Gasteiger partial charge in [-0.05, 0) is 32.1 Å². The van der Waals surface area contributed by atoms with Crippen LogP contribution < -0.4 is 0 Å². The third-order valence-electron chi connectivity index (χ3n) is 4.10. The zero-order valence-corrected chi connectivity index (χ0v) is 14.8. The molecule has 129 valence electrons. The number of rotatable bonds is 17. The standard InChI is InChI=1S/C20H37O2/c1-2-3-4-5-6-7-8-9-10-11-12-13-14-15-16-17-20(22)18-19-21/h9-10H,2-8,11-19H2,1H3/b10-9-. The van der Waals surface area contributed by atoms with E-state index < -0.39 is 0 Å². The number of Topliss-reactive ketones (excluding diaryl/α,β-unsaturated/α-hetero) is 1. The van der Waals surface area contributed by atoms with Gasteiger partial charge in [0.2, 0.25) is 0 Å². The lowest BCUT2D eigenvalue weighted by Crippen LogP contribution is -1.99. The highest BCUT2D eigenvalue weighted by Crippen LogP contribution is 2.10. The summed E-state index contributed by atoms with van der Waals surface area (Å²) in [6, 6.07) is 0. The van der Waals surface area contributed by atoms with Crippen molar-refractivity contribution in [3.63, 3.8) is 0 Å². The summed E-state index contributed by atoms with van der Waals surface area (Å²) in [6.07, 6.45) is 22.1. The van der Waals surface area contributed by atoms with Crippen LogP contribution in [0, 0.1) is 0 Å². The van der Waals surface area contributed by atoms with Gasteiger partial charge in [0.1, 0.15) is 5.78 Å². The molecule has 2 nitrogen and oxygen atoms in total. The van der Waals surface area contributed by atoms with Gasteiger partial charge in [-0.15, -0.1) is 0 Å². The predicted octanol–water partition coefficient (Wildman–Crippen LogP) is 6.41. The Morgan fingerprint density at radius 1 is 0.682 bits per heavy atom. The first kappa shape index (κ1) is 21.4. The largest absolute Gasteiger partial charge is 0.300 e. The van der Waals surface area contributed by atoms with Gasteiger partial charge in [-0.3, -0.25) is 4.79 Å². The van der Waals surface area contributed by atoms with Gasteiger partial charge in [0.25, 0.3) is 0 Å². The van der Waals surface area contributed by atoms with Crippen LogP contribution >= 0.6 is 0 Å². The van der Waals surface area contributed by atoms with Crippen LogP contribution in [0.2, 0.25) is 0 Å². The summed E-state index contributed by atoms with van der Waals surface area (Å²) in [5, 5.41) is 10.3. The van der Waals surface area contributed by atoms with Gasteiger partial charge in [0.05, 0.1) is 6.61 Å². The Labute approximate surface area is 138 Å². The lowest BCUT2D eigenvalue weighted by Gasteiger charge is -2.00. The predicted molar refractivity (Wildman–Crippen MR) is 94.6 cm³/mol. The Morgan fingerprint density at radius 3 is 1.73 bits per heavy atom. The molecule has 0 aliphatic carbocycles. The molecule has 0 bridgehead atoms. The normalized spacial score (nSPS) is 11.4. The topological polar surface area (TPSA) is 37.0 Å². The molecule has 0 unspecified atom stereocenters. The van der Waals surface area contributed by atoms with Crippen LogP contribution in [0.5, 0.6) is 0 Å². The van der Waals surface area contributed by atoms with Crippen molar-refractivity contribution in [1.29, 1.82) is 0 Å². The van der Waals surface area contributed by atoms with E-state index in [-0.39, 0.29) is 18.8 Å². The van der Waals surface area contributed by atoms with Crippen molar-refractivity contribution in [3.05, 3.63) is 12.2 Å². The zero-order chi connectivity index (χ0) is 16.3. The van der Waals surface area contributed by atoms with Gasteiger partial charge < -0.3 is 0 Å². The fourth-order valence-corrected chi connectivity index (χ4v) is 2.63. The minimum Gasteiger partial charge on any atom is -0.300 e. The van der Waals surface area contributed by atoms with Crippen molar-refractivity contribution in [1.82, 2.24) is 0 Å². The Bertz CT molecular complexity index is 258. The maximum absolute atomic E-state index is 11.2. The van der Waals surface area contributed by atoms with Crippen LogP contribution in [0.1, 0.15) is 103 Å². The molecular formula is C20H37O2. The van der Waals surface area contributed by atoms with Crippen LogP contribution in [0.15, 0.2) is 12.2 Å². The molecule has 0 fully saturated rings. The first-order chi connectivity index (χ1) is 10.8. The Hall–Kier alpha value is -0.630. The monoisotopic (exact) mass is 309 g/mol. The van der Waals surface area contributed by atoms with Crippen LogP contribution in [0.25, 0.3) is 0 Å². The molecule has 0 spiro atoms. The second-order valence-corrected chi connectivity index (χ2v) is 6.33. The van der Waals surface area contributed by atoms with Crippen LogP contribution in [-0.4, -0.2) is 12.4 Å². The molecule has 0 rings (SSSR count). The number of hydrogen-bond acceptors (Lipinski definition) is 1. The Kier molecular flexibility index (Phi) is 17.9. The molecule has 0 amide bonds. The van der Waals surface area contributed by atoms with Gasteiger partial charge >= 0.3 is 0 Å². The SMILES string of the molecule is CCCCCCCC/C=C\CCCCCCCC(=O)CC[O]. The van der Waals surface area contributed by atoms with E-state index in [1.165, 1.54) is 70.6 Å². The summed E-state index contributed by atoms with van der Waals surface area (Å²) in [5.74, 6) is 0.146. The number of allylic oxidation sites excluding steroid dienone is 2. The minimum absolute atomic E-state index is 0.146.